The second-order valence-electron chi connectivity index (χ2n) is 8.84. The molecule has 5 N–H and O–H groups in total. The molecule has 27 heavy (non-hydrogen) atoms. The van der Waals surface area contributed by atoms with Crippen LogP contribution in [0.1, 0.15) is 39.5 Å². The number of ketones is 1. The third-order valence-electron chi connectivity index (χ3n) is 6.78. The lowest BCUT2D eigenvalue weighted by Crippen LogP contribution is -2.81. The van der Waals surface area contributed by atoms with Gasteiger partial charge in [0.1, 0.15) is 30.2 Å². The molecule has 4 saturated heterocycles. The highest BCUT2D eigenvalue weighted by Crippen LogP contribution is 2.52. The molecule has 0 spiro atoms. The molecule has 0 aliphatic carbocycles. The number of nitrogens with zero attached hydrogens (tertiary/aromatic N) is 2. The van der Waals surface area contributed by atoms with E-state index in [1.165, 1.54) is 0 Å². The number of carbonyl (C=O) groups is 1. The summed E-state index contributed by atoms with van der Waals surface area (Å²) in [5.41, 5.74) is -0.852. The molecule has 4 atom stereocenters. The van der Waals surface area contributed by atoms with Gasteiger partial charge in [-0.25, -0.2) is 0 Å². The summed E-state index contributed by atoms with van der Waals surface area (Å²) in [5.74, 6) is 0.357. The number of piperidine rings is 2. The van der Waals surface area contributed by atoms with Crippen molar-refractivity contribution in [2.45, 2.75) is 70.1 Å². The Morgan fingerprint density at radius 1 is 0.926 bits per heavy atom. The predicted molar refractivity (Wildman–Crippen MR) is 97.7 cm³/mol. The highest BCUT2D eigenvalue weighted by molar-refractivity contribution is 5.93. The minimum atomic E-state index is -1.64. The van der Waals surface area contributed by atoms with Crippen molar-refractivity contribution in [1.82, 2.24) is 9.80 Å². The van der Waals surface area contributed by atoms with Gasteiger partial charge in [0, 0.05) is 26.2 Å². The zero-order chi connectivity index (χ0) is 20.0. The number of carbonyl (C=O) groups excluding carboxylic acids is 1. The van der Waals surface area contributed by atoms with Gasteiger partial charge in [0.2, 0.25) is 0 Å². The maximum absolute atomic E-state index is 13.4. The van der Waals surface area contributed by atoms with Crippen LogP contribution in [0, 0.1) is 10.8 Å². The van der Waals surface area contributed by atoms with E-state index in [9.17, 15) is 25.2 Å². The molecule has 4 heterocycles. The largest absolute Gasteiger partial charge is 0.394 e. The highest BCUT2D eigenvalue weighted by Gasteiger charge is 2.65. The Morgan fingerprint density at radius 2 is 1.37 bits per heavy atom. The number of hydrogen-bond donors (Lipinski definition) is 5. The second-order valence-corrected chi connectivity index (χ2v) is 8.84. The monoisotopic (exact) mass is 386 g/mol. The van der Waals surface area contributed by atoms with Crippen molar-refractivity contribution in [2.75, 3.05) is 32.8 Å². The quantitative estimate of drug-likeness (QED) is 0.326. The first kappa shape index (κ1) is 21.1. The van der Waals surface area contributed by atoms with Crippen LogP contribution in [0.5, 0.6) is 0 Å². The molecule has 0 unspecified atom stereocenters. The van der Waals surface area contributed by atoms with Gasteiger partial charge in [-0.3, -0.25) is 14.6 Å². The third kappa shape index (κ3) is 3.25. The van der Waals surface area contributed by atoms with Crippen LogP contribution in [0.3, 0.4) is 0 Å². The predicted octanol–water partition coefficient (Wildman–Crippen LogP) is -1.46. The van der Waals surface area contributed by atoms with Gasteiger partial charge in [-0.1, -0.05) is 26.7 Å². The van der Waals surface area contributed by atoms with E-state index in [0.29, 0.717) is 32.0 Å². The SMILES string of the molecule is CCCC12CN3CC(CCC)(CN(C1)C3[C@@H](O)[C@H](O)[C@H](O)[C@H](O)CO)C2=O. The molecular formula is C19H34N2O6. The first-order valence-corrected chi connectivity index (χ1v) is 10.1. The van der Waals surface area contributed by atoms with Gasteiger partial charge >= 0.3 is 0 Å². The van der Waals surface area contributed by atoms with Crippen LogP contribution in [-0.4, -0.2) is 104 Å². The standard InChI is InChI=1S/C19H34N2O6/c1-3-5-18-8-20-10-19(6-4-2,17(18)27)11-21(9-18)16(20)15(26)14(25)13(24)12(23)7-22/h12-16,22-26H,3-11H2,1-2H3/t12-,13-,14-,15+,16?,18?,19?/m1/s1. The third-order valence-corrected chi connectivity index (χ3v) is 6.78. The van der Waals surface area contributed by atoms with Gasteiger partial charge in [-0.2, -0.15) is 0 Å². The molecule has 156 valence electrons. The maximum Gasteiger partial charge on any atom is 0.150 e. The van der Waals surface area contributed by atoms with E-state index in [0.717, 1.165) is 25.7 Å². The van der Waals surface area contributed by atoms with Gasteiger partial charge < -0.3 is 25.5 Å². The van der Waals surface area contributed by atoms with Crippen molar-refractivity contribution < 1.29 is 30.3 Å². The molecule has 4 aliphatic rings. The molecule has 0 saturated carbocycles. The van der Waals surface area contributed by atoms with Gasteiger partial charge in [0.25, 0.3) is 0 Å². The molecule has 4 fully saturated rings. The van der Waals surface area contributed by atoms with Gasteiger partial charge in [-0.15, -0.1) is 0 Å². The number of rotatable bonds is 9. The van der Waals surface area contributed by atoms with Gasteiger partial charge in [-0.05, 0) is 12.8 Å². The Kier molecular flexibility index (Phi) is 5.99. The molecule has 4 aliphatic heterocycles. The van der Waals surface area contributed by atoms with E-state index in [2.05, 4.69) is 23.6 Å². The molecule has 0 aromatic heterocycles. The molecule has 0 aromatic carbocycles. The molecule has 8 nitrogen and oxygen atoms in total. The van der Waals surface area contributed by atoms with Crippen LogP contribution in [-0.2, 0) is 4.79 Å². The zero-order valence-electron chi connectivity index (χ0n) is 16.3. The van der Waals surface area contributed by atoms with Crippen molar-refractivity contribution in [3.05, 3.63) is 0 Å². The van der Waals surface area contributed by atoms with Crippen LogP contribution in [0.25, 0.3) is 0 Å². The molecule has 4 bridgehead atoms. The van der Waals surface area contributed by atoms with Gasteiger partial charge in [0.05, 0.1) is 23.6 Å². The zero-order valence-corrected chi connectivity index (χ0v) is 16.3. The number of aliphatic hydroxyl groups excluding tert-OH is 5. The summed E-state index contributed by atoms with van der Waals surface area (Å²) in [6, 6.07) is 0. The van der Waals surface area contributed by atoms with Crippen molar-refractivity contribution in [1.29, 1.82) is 0 Å². The smallest absolute Gasteiger partial charge is 0.150 e. The normalized spacial score (nSPS) is 42.2. The average Bonchev–Trinajstić information content (AvgIpc) is 2.63. The van der Waals surface area contributed by atoms with Crippen LogP contribution in [0.15, 0.2) is 0 Å². The van der Waals surface area contributed by atoms with E-state index >= 15 is 0 Å². The topological polar surface area (TPSA) is 125 Å². The number of aliphatic hydroxyl groups is 5. The molecule has 0 amide bonds. The maximum atomic E-state index is 13.4. The lowest BCUT2D eigenvalue weighted by Gasteiger charge is -2.67. The van der Waals surface area contributed by atoms with Gasteiger partial charge in [0.15, 0.2) is 0 Å². The second kappa shape index (κ2) is 7.67. The molecule has 0 aromatic rings. The minimum Gasteiger partial charge on any atom is -0.394 e. The number of hydrogen-bond acceptors (Lipinski definition) is 8. The fraction of sp³-hybridized carbons (Fsp3) is 0.947. The first-order valence-electron chi connectivity index (χ1n) is 10.1. The van der Waals surface area contributed by atoms with Crippen LogP contribution in [0.4, 0.5) is 0 Å². The summed E-state index contributed by atoms with van der Waals surface area (Å²) in [5, 5.41) is 49.8. The summed E-state index contributed by atoms with van der Waals surface area (Å²) in [7, 11) is 0. The van der Waals surface area contributed by atoms with Crippen molar-refractivity contribution >= 4 is 5.78 Å². The van der Waals surface area contributed by atoms with Crippen LogP contribution >= 0.6 is 0 Å². The lowest BCUT2D eigenvalue weighted by atomic mass is 9.57. The molecule has 0 radical (unpaired) electrons. The Balaban J connectivity index is 1.86. The fourth-order valence-electron chi connectivity index (χ4n) is 5.87. The van der Waals surface area contributed by atoms with E-state index in [1.54, 1.807) is 0 Å². The molecule has 4 rings (SSSR count). The fourth-order valence-corrected chi connectivity index (χ4v) is 5.87. The highest BCUT2D eigenvalue weighted by atomic mass is 16.4. The van der Waals surface area contributed by atoms with Crippen molar-refractivity contribution in [2.24, 2.45) is 10.8 Å². The average molecular weight is 386 g/mol. The first-order chi connectivity index (χ1) is 12.7. The Bertz CT molecular complexity index is 514. The van der Waals surface area contributed by atoms with E-state index < -0.39 is 48.0 Å². The van der Waals surface area contributed by atoms with Crippen LogP contribution in [0.2, 0.25) is 0 Å². The van der Waals surface area contributed by atoms with Crippen molar-refractivity contribution in [3.63, 3.8) is 0 Å². The summed E-state index contributed by atoms with van der Waals surface area (Å²) < 4.78 is 0. The summed E-state index contributed by atoms with van der Waals surface area (Å²) in [6.45, 7) is 5.65. The summed E-state index contributed by atoms with van der Waals surface area (Å²) in [6.07, 6.45) is -3.13. The van der Waals surface area contributed by atoms with E-state index in [1.807, 2.05) is 0 Å². The Hall–Kier alpha value is -0.610. The minimum absolute atomic E-state index is 0.357. The van der Waals surface area contributed by atoms with Crippen LogP contribution < -0.4 is 0 Å². The summed E-state index contributed by atoms with van der Waals surface area (Å²) in [4.78, 5) is 17.5. The van der Waals surface area contributed by atoms with E-state index in [-0.39, 0.29) is 0 Å². The Labute approximate surface area is 160 Å². The van der Waals surface area contributed by atoms with E-state index in [4.69, 9.17) is 5.11 Å². The number of Topliss-reactive ketones (excluding diaryl/α,β-unsaturated/α-hetero) is 1. The molecule has 8 heteroatoms. The molecular weight excluding hydrogens is 352 g/mol. The Morgan fingerprint density at radius 3 is 1.74 bits per heavy atom. The lowest BCUT2D eigenvalue weighted by molar-refractivity contribution is -0.235. The summed E-state index contributed by atoms with van der Waals surface area (Å²) >= 11 is 0. The van der Waals surface area contributed by atoms with Crippen molar-refractivity contribution in [3.8, 4) is 0 Å².